The number of aromatic hydroxyl groups is 2. The third kappa shape index (κ3) is 2.84. The van der Waals surface area contributed by atoms with Crippen molar-refractivity contribution in [2.45, 2.75) is 25.3 Å². The summed E-state index contributed by atoms with van der Waals surface area (Å²) in [5, 5.41) is 24.9. The number of rotatable bonds is 2. The number of aryl methyl sites for hydroxylation is 1. The second-order valence-corrected chi connectivity index (χ2v) is 7.24. The second-order valence-electron chi connectivity index (χ2n) is 7.24. The van der Waals surface area contributed by atoms with Crippen LogP contribution in [0.5, 0.6) is 11.5 Å². The molecule has 0 saturated carbocycles. The summed E-state index contributed by atoms with van der Waals surface area (Å²) in [7, 11) is 0. The zero-order valence-electron chi connectivity index (χ0n) is 15.4. The van der Waals surface area contributed by atoms with E-state index in [1.54, 1.807) is 16.8 Å². The summed E-state index contributed by atoms with van der Waals surface area (Å²) in [5.74, 6) is -0.299. The fourth-order valence-electron chi connectivity index (χ4n) is 4.15. The van der Waals surface area contributed by atoms with Gasteiger partial charge in [0.05, 0.1) is 11.4 Å². The van der Waals surface area contributed by atoms with Gasteiger partial charge in [-0.1, -0.05) is 6.07 Å². The number of nitrogen functional groups attached to an aromatic ring is 1. The van der Waals surface area contributed by atoms with Gasteiger partial charge in [-0.15, -0.1) is 0 Å². The van der Waals surface area contributed by atoms with E-state index in [2.05, 4.69) is 9.97 Å². The normalized spacial score (nSPS) is 16.1. The van der Waals surface area contributed by atoms with Crippen molar-refractivity contribution in [2.75, 3.05) is 5.73 Å². The van der Waals surface area contributed by atoms with E-state index in [0.29, 0.717) is 22.3 Å². The molecule has 1 aliphatic rings. The molecule has 0 spiro atoms. The predicted molar refractivity (Wildman–Crippen MR) is 106 cm³/mol. The molecule has 7 nitrogen and oxygen atoms in total. The highest BCUT2D eigenvalue weighted by Crippen LogP contribution is 2.39. The Morgan fingerprint density at radius 1 is 1.07 bits per heavy atom. The van der Waals surface area contributed by atoms with E-state index in [-0.39, 0.29) is 23.4 Å². The van der Waals surface area contributed by atoms with Crippen LogP contribution in [0, 0.1) is 5.82 Å². The van der Waals surface area contributed by atoms with Crippen molar-refractivity contribution in [2.24, 2.45) is 0 Å². The number of fused-ring (bicyclic) bond motifs is 2. The lowest BCUT2D eigenvalue weighted by Crippen LogP contribution is -2.18. The van der Waals surface area contributed by atoms with Crippen LogP contribution in [0.3, 0.4) is 0 Å². The minimum atomic E-state index is -0.573. The molecule has 4 N–H and O–H groups in total. The molecule has 29 heavy (non-hydrogen) atoms. The lowest BCUT2D eigenvalue weighted by molar-refractivity contribution is 0.450. The molecule has 0 fully saturated rings. The summed E-state index contributed by atoms with van der Waals surface area (Å²) in [4.78, 5) is 8.48. The van der Waals surface area contributed by atoms with E-state index in [1.165, 1.54) is 18.5 Å². The molecule has 1 unspecified atom stereocenters. The summed E-state index contributed by atoms with van der Waals surface area (Å²) >= 11 is 0. The summed E-state index contributed by atoms with van der Waals surface area (Å²) in [6.45, 7) is 0. The van der Waals surface area contributed by atoms with Gasteiger partial charge in [-0.05, 0) is 54.7 Å². The van der Waals surface area contributed by atoms with Gasteiger partial charge in [0.25, 0.3) is 0 Å². The minimum absolute atomic E-state index is 0.105. The van der Waals surface area contributed by atoms with Crippen molar-refractivity contribution in [1.29, 1.82) is 0 Å². The third-order valence-electron chi connectivity index (χ3n) is 5.38. The summed E-state index contributed by atoms with van der Waals surface area (Å²) in [6, 6.07) is 9.01. The van der Waals surface area contributed by atoms with Gasteiger partial charge >= 0.3 is 0 Å². The second kappa shape index (κ2) is 6.44. The first kappa shape index (κ1) is 17.4. The van der Waals surface area contributed by atoms with E-state index in [9.17, 15) is 14.6 Å². The highest BCUT2D eigenvalue weighted by Gasteiger charge is 2.27. The molecule has 0 bridgehead atoms. The topological polar surface area (TPSA) is 110 Å². The molecule has 2 heterocycles. The van der Waals surface area contributed by atoms with Crippen LogP contribution in [0.4, 0.5) is 10.2 Å². The van der Waals surface area contributed by atoms with Crippen LogP contribution in [0.2, 0.25) is 0 Å². The Kier molecular flexibility index (Phi) is 3.87. The molecule has 0 aliphatic heterocycles. The number of phenols is 2. The van der Waals surface area contributed by atoms with Crippen LogP contribution in [0.25, 0.3) is 22.3 Å². The number of benzene rings is 2. The van der Waals surface area contributed by atoms with E-state index in [0.717, 1.165) is 36.5 Å². The van der Waals surface area contributed by atoms with Crippen LogP contribution < -0.4 is 5.73 Å². The zero-order chi connectivity index (χ0) is 20.1. The van der Waals surface area contributed by atoms with E-state index < -0.39 is 5.82 Å². The van der Waals surface area contributed by atoms with Crippen molar-refractivity contribution in [3.63, 3.8) is 0 Å². The van der Waals surface area contributed by atoms with Crippen molar-refractivity contribution in [1.82, 2.24) is 19.7 Å². The standard InChI is InChI=1S/C21H18FN5O2/c22-13-6-12(8-15(29)9-13)19-18-20(23)24-10-25-21(18)27(26-19)17-3-1-2-11-7-14(28)4-5-16(11)17/h4-10,17,28-29H,1-3H2,(H2,23,24,25). The number of halogens is 1. The van der Waals surface area contributed by atoms with Gasteiger partial charge in [0.15, 0.2) is 5.65 Å². The van der Waals surface area contributed by atoms with Gasteiger partial charge in [0, 0.05) is 11.6 Å². The molecule has 8 heteroatoms. The van der Waals surface area contributed by atoms with Crippen molar-refractivity contribution in [3.05, 3.63) is 59.7 Å². The number of hydrogen-bond donors (Lipinski definition) is 3. The van der Waals surface area contributed by atoms with Gasteiger partial charge in [0.1, 0.15) is 35.2 Å². The first-order valence-electron chi connectivity index (χ1n) is 9.31. The fraction of sp³-hybridized carbons (Fsp3) is 0.190. The van der Waals surface area contributed by atoms with E-state index >= 15 is 0 Å². The Hall–Kier alpha value is -3.68. The monoisotopic (exact) mass is 391 g/mol. The molecular weight excluding hydrogens is 373 g/mol. The SMILES string of the molecule is Nc1ncnc2c1c(-c1cc(O)cc(F)c1)nn2C1CCCc2cc(O)ccc21. The Morgan fingerprint density at radius 3 is 2.76 bits per heavy atom. The Morgan fingerprint density at radius 2 is 1.93 bits per heavy atom. The number of nitrogens with two attached hydrogens (primary N) is 1. The highest BCUT2D eigenvalue weighted by atomic mass is 19.1. The van der Waals surface area contributed by atoms with Crippen molar-refractivity contribution in [3.8, 4) is 22.8 Å². The molecule has 1 atom stereocenters. The van der Waals surface area contributed by atoms with E-state index in [1.807, 2.05) is 6.07 Å². The Balaban J connectivity index is 1.76. The van der Waals surface area contributed by atoms with Gasteiger partial charge < -0.3 is 15.9 Å². The maximum atomic E-state index is 13.9. The first-order valence-corrected chi connectivity index (χ1v) is 9.31. The number of phenolic OH excluding ortho intramolecular Hbond substituents is 2. The lowest BCUT2D eigenvalue weighted by atomic mass is 9.87. The first-order chi connectivity index (χ1) is 14.0. The molecule has 0 amide bonds. The maximum absolute atomic E-state index is 13.9. The number of anilines is 1. The highest BCUT2D eigenvalue weighted by molar-refractivity contribution is 5.98. The summed E-state index contributed by atoms with van der Waals surface area (Å²) < 4.78 is 15.7. The fourth-order valence-corrected chi connectivity index (χ4v) is 4.15. The minimum Gasteiger partial charge on any atom is -0.508 e. The van der Waals surface area contributed by atoms with Crippen LogP contribution in [-0.2, 0) is 6.42 Å². The molecule has 0 radical (unpaired) electrons. The average Bonchev–Trinajstić information content (AvgIpc) is 3.07. The number of aromatic nitrogens is 4. The van der Waals surface area contributed by atoms with Crippen LogP contribution in [0.1, 0.15) is 30.0 Å². The quantitative estimate of drug-likeness (QED) is 0.482. The maximum Gasteiger partial charge on any atom is 0.164 e. The van der Waals surface area contributed by atoms with Gasteiger partial charge in [-0.3, -0.25) is 0 Å². The molecule has 2 aromatic heterocycles. The predicted octanol–water partition coefficient (Wildman–Crippen LogP) is 3.55. The van der Waals surface area contributed by atoms with Gasteiger partial charge in [-0.2, -0.15) is 5.10 Å². The van der Waals surface area contributed by atoms with Crippen LogP contribution in [-0.4, -0.2) is 30.0 Å². The Bertz CT molecular complexity index is 1230. The molecule has 146 valence electrons. The molecule has 5 rings (SSSR count). The molecule has 4 aromatic rings. The molecular formula is C21H18FN5O2. The Labute approximate surface area is 165 Å². The smallest absolute Gasteiger partial charge is 0.164 e. The lowest BCUT2D eigenvalue weighted by Gasteiger charge is -2.26. The summed E-state index contributed by atoms with van der Waals surface area (Å²) in [5.41, 5.74) is 9.62. The molecule has 0 saturated heterocycles. The van der Waals surface area contributed by atoms with Crippen molar-refractivity contribution < 1.29 is 14.6 Å². The van der Waals surface area contributed by atoms with Gasteiger partial charge in [-0.25, -0.2) is 19.0 Å². The van der Waals surface area contributed by atoms with Crippen LogP contribution in [0.15, 0.2) is 42.7 Å². The zero-order valence-corrected chi connectivity index (χ0v) is 15.4. The number of nitrogens with zero attached hydrogens (tertiary/aromatic N) is 4. The van der Waals surface area contributed by atoms with Gasteiger partial charge in [0.2, 0.25) is 0 Å². The average molecular weight is 391 g/mol. The summed E-state index contributed by atoms with van der Waals surface area (Å²) in [6.07, 6.45) is 4.02. The van der Waals surface area contributed by atoms with Crippen molar-refractivity contribution >= 4 is 16.9 Å². The third-order valence-corrected chi connectivity index (χ3v) is 5.38. The molecule has 2 aromatic carbocycles. The number of hydrogen-bond acceptors (Lipinski definition) is 6. The molecule has 1 aliphatic carbocycles. The van der Waals surface area contributed by atoms with E-state index in [4.69, 9.17) is 10.8 Å². The largest absolute Gasteiger partial charge is 0.508 e. The van der Waals surface area contributed by atoms with Crippen LogP contribution >= 0.6 is 0 Å².